The maximum Gasteiger partial charge on any atom is 0.236 e. The number of nitrogens with two attached hydrogens (primary N) is 1. The van der Waals surface area contributed by atoms with Gasteiger partial charge in [0.15, 0.2) is 11.5 Å². The highest BCUT2D eigenvalue weighted by Crippen LogP contribution is 2.32. The molecule has 1 heterocycles. The molecule has 1 aromatic carbocycles. The summed E-state index contributed by atoms with van der Waals surface area (Å²) in [5, 5.41) is 2.73. The van der Waals surface area contributed by atoms with E-state index in [2.05, 4.69) is 5.32 Å². The molecule has 86 valence electrons. The van der Waals surface area contributed by atoms with Crippen LogP contribution in [0.15, 0.2) is 18.2 Å². The zero-order valence-corrected chi connectivity index (χ0v) is 9.03. The van der Waals surface area contributed by atoms with Crippen molar-refractivity contribution in [1.82, 2.24) is 5.32 Å². The van der Waals surface area contributed by atoms with E-state index in [0.29, 0.717) is 12.3 Å². The molecule has 0 spiro atoms. The summed E-state index contributed by atoms with van der Waals surface area (Å²) in [4.78, 5) is 11.3. The number of nitrogens with one attached hydrogen (secondary N) is 1. The minimum absolute atomic E-state index is 0.169. The molecule has 5 nitrogen and oxygen atoms in total. The Morgan fingerprint density at radius 2 is 2.25 bits per heavy atom. The lowest BCUT2D eigenvalue weighted by Crippen LogP contribution is -2.37. The van der Waals surface area contributed by atoms with Crippen LogP contribution in [0, 0.1) is 0 Å². The summed E-state index contributed by atoms with van der Waals surface area (Å²) in [5.41, 5.74) is 6.39. The van der Waals surface area contributed by atoms with Crippen LogP contribution < -0.4 is 20.5 Å². The van der Waals surface area contributed by atoms with Gasteiger partial charge in [-0.1, -0.05) is 6.07 Å². The van der Waals surface area contributed by atoms with Gasteiger partial charge in [0.25, 0.3) is 0 Å². The first-order valence-corrected chi connectivity index (χ1v) is 5.08. The highest BCUT2D eigenvalue weighted by molar-refractivity contribution is 5.80. The van der Waals surface area contributed by atoms with Gasteiger partial charge in [-0.2, -0.15) is 0 Å². The van der Waals surface area contributed by atoms with Crippen LogP contribution in [0.3, 0.4) is 0 Å². The van der Waals surface area contributed by atoms with Crippen LogP contribution in [0.5, 0.6) is 11.5 Å². The number of hydrogen-bond acceptors (Lipinski definition) is 4. The third-order valence-electron chi connectivity index (χ3n) is 2.32. The van der Waals surface area contributed by atoms with Crippen molar-refractivity contribution in [1.29, 1.82) is 0 Å². The molecule has 5 heteroatoms. The van der Waals surface area contributed by atoms with Gasteiger partial charge in [0, 0.05) is 6.54 Å². The molecule has 1 aromatic rings. The smallest absolute Gasteiger partial charge is 0.236 e. The Balaban J connectivity index is 1.98. The lowest BCUT2D eigenvalue weighted by molar-refractivity contribution is -0.122. The lowest BCUT2D eigenvalue weighted by Gasteiger charge is -2.08. The Labute approximate surface area is 93.5 Å². The van der Waals surface area contributed by atoms with Crippen molar-refractivity contribution in [2.75, 3.05) is 6.79 Å². The van der Waals surface area contributed by atoms with Gasteiger partial charge in [-0.15, -0.1) is 0 Å². The van der Waals surface area contributed by atoms with Crippen molar-refractivity contribution in [2.24, 2.45) is 5.73 Å². The van der Waals surface area contributed by atoms with Gasteiger partial charge in [-0.05, 0) is 24.6 Å². The zero-order valence-electron chi connectivity index (χ0n) is 9.03. The van der Waals surface area contributed by atoms with E-state index in [0.717, 1.165) is 11.3 Å². The fourth-order valence-electron chi connectivity index (χ4n) is 1.40. The Morgan fingerprint density at radius 1 is 1.50 bits per heavy atom. The molecule has 1 atom stereocenters. The van der Waals surface area contributed by atoms with Crippen molar-refractivity contribution in [3.63, 3.8) is 0 Å². The fourth-order valence-corrected chi connectivity index (χ4v) is 1.40. The zero-order chi connectivity index (χ0) is 11.5. The molecule has 1 amide bonds. The van der Waals surface area contributed by atoms with Gasteiger partial charge >= 0.3 is 0 Å². The maximum absolute atomic E-state index is 11.3. The molecule has 1 aliphatic rings. The summed E-state index contributed by atoms with van der Waals surface area (Å²) in [6.07, 6.45) is 0. The van der Waals surface area contributed by atoms with Gasteiger partial charge in [0.2, 0.25) is 12.7 Å². The minimum Gasteiger partial charge on any atom is -0.454 e. The maximum atomic E-state index is 11.3. The molecule has 0 aliphatic carbocycles. The Hall–Kier alpha value is -1.75. The number of benzene rings is 1. The van der Waals surface area contributed by atoms with Crippen LogP contribution in [-0.4, -0.2) is 18.7 Å². The second-order valence-corrected chi connectivity index (χ2v) is 3.69. The van der Waals surface area contributed by atoms with E-state index < -0.39 is 6.04 Å². The van der Waals surface area contributed by atoms with Crippen molar-refractivity contribution in [3.8, 4) is 11.5 Å². The third kappa shape index (κ3) is 2.25. The SMILES string of the molecule is CC(N)C(=O)NCc1ccc2c(c1)OCO2. The minimum atomic E-state index is -0.492. The summed E-state index contributed by atoms with van der Waals surface area (Å²) in [7, 11) is 0. The van der Waals surface area contributed by atoms with Crippen LogP contribution in [-0.2, 0) is 11.3 Å². The number of carbonyl (C=O) groups excluding carboxylic acids is 1. The van der Waals surface area contributed by atoms with Crippen molar-refractivity contribution in [2.45, 2.75) is 19.5 Å². The van der Waals surface area contributed by atoms with Gasteiger partial charge in [-0.3, -0.25) is 4.79 Å². The van der Waals surface area contributed by atoms with E-state index in [1.807, 2.05) is 18.2 Å². The highest BCUT2D eigenvalue weighted by atomic mass is 16.7. The molecule has 16 heavy (non-hydrogen) atoms. The number of hydrogen-bond donors (Lipinski definition) is 2. The Morgan fingerprint density at radius 3 is 3.00 bits per heavy atom. The first-order chi connectivity index (χ1) is 7.66. The predicted octanol–water partition coefficient (Wildman–Crippen LogP) is 0.379. The quantitative estimate of drug-likeness (QED) is 0.775. The molecular formula is C11H14N2O3. The number of rotatable bonds is 3. The number of carbonyl (C=O) groups is 1. The average molecular weight is 222 g/mol. The van der Waals surface area contributed by atoms with E-state index >= 15 is 0 Å². The molecule has 3 N–H and O–H groups in total. The fraction of sp³-hybridized carbons (Fsp3) is 0.364. The molecule has 0 saturated carbocycles. The van der Waals surface area contributed by atoms with Crippen LogP contribution in [0.25, 0.3) is 0 Å². The molecule has 0 saturated heterocycles. The van der Waals surface area contributed by atoms with E-state index in [1.165, 1.54) is 0 Å². The van der Waals surface area contributed by atoms with Gasteiger partial charge in [-0.25, -0.2) is 0 Å². The number of fused-ring (bicyclic) bond motifs is 1. The van der Waals surface area contributed by atoms with Gasteiger partial charge in [0.1, 0.15) is 0 Å². The highest BCUT2D eigenvalue weighted by Gasteiger charge is 2.13. The summed E-state index contributed by atoms with van der Waals surface area (Å²) in [5.74, 6) is 1.28. The number of ether oxygens (including phenoxy) is 2. The molecule has 0 fully saturated rings. The first-order valence-electron chi connectivity index (χ1n) is 5.08. The van der Waals surface area contributed by atoms with E-state index in [9.17, 15) is 4.79 Å². The summed E-state index contributed by atoms with van der Waals surface area (Å²) >= 11 is 0. The average Bonchev–Trinajstić information content (AvgIpc) is 2.72. The predicted molar refractivity (Wildman–Crippen MR) is 58.1 cm³/mol. The largest absolute Gasteiger partial charge is 0.454 e. The monoisotopic (exact) mass is 222 g/mol. The summed E-state index contributed by atoms with van der Waals surface area (Å²) in [6.45, 7) is 2.34. The number of amides is 1. The van der Waals surface area contributed by atoms with Crippen LogP contribution >= 0.6 is 0 Å². The lowest BCUT2D eigenvalue weighted by atomic mass is 10.2. The van der Waals surface area contributed by atoms with E-state index in [1.54, 1.807) is 6.92 Å². The van der Waals surface area contributed by atoms with Crippen LogP contribution in [0.1, 0.15) is 12.5 Å². The van der Waals surface area contributed by atoms with Crippen LogP contribution in [0.2, 0.25) is 0 Å². The molecular weight excluding hydrogens is 208 g/mol. The Bertz CT molecular complexity index is 404. The molecule has 1 unspecified atom stereocenters. The normalized spacial score (nSPS) is 14.6. The van der Waals surface area contributed by atoms with Gasteiger partial charge in [0.05, 0.1) is 6.04 Å². The van der Waals surface area contributed by atoms with Gasteiger partial charge < -0.3 is 20.5 Å². The topological polar surface area (TPSA) is 73.6 Å². The van der Waals surface area contributed by atoms with Crippen molar-refractivity contribution >= 4 is 5.91 Å². The van der Waals surface area contributed by atoms with Crippen molar-refractivity contribution in [3.05, 3.63) is 23.8 Å². The van der Waals surface area contributed by atoms with E-state index in [-0.39, 0.29) is 12.7 Å². The molecule has 0 radical (unpaired) electrons. The summed E-state index contributed by atoms with van der Waals surface area (Å²) in [6, 6.07) is 5.07. The first kappa shape index (κ1) is 10.8. The second kappa shape index (κ2) is 4.40. The molecule has 1 aliphatic heterocycles. The molecule has 0 aromatic heterocycles. The van der Waals surface area contributed by atoms with E-state index in [4.69, 9.17) is 15.2 Å². The Kier molecular flexibility index (Phi) is 2.96. The molecule has 2 rings (SSSR count). The van der Waals surface area contributed by atoms with Crippen molar-refractivity contribution < 1.29 is 14.3 Å². The second-order valence-electron chi connectivity index (χ2n) is 3.69. The van der Waals surface area contributed by atoms with Crippen LogP contribution in [0.4, 0.5) is 0 Å². The molecule has 0 bridgehead atoms. The third-order valence-corrected chi connectivity index (χ3v) is 2.32. The standard InChI is InChI=1S/C11H14N2O3/c1-7(12)11(14)13-5-8-2-3-9-10(4-8)16-6-15-9/h2-4,7H,5-6,12H2,1H3,(H,13,14). The summed E-state index contributed by atoms with van der Waals surface area (Å²) < 4.78 is 10.4.